The summed E-state index contributed by atoms with van der Waals surface area (Å²) in [6.07, 6.45) is 4.37. The highest BCUT2D eigenvalue weighted by Gasteiger charge is 2.40. The maximum Gasteiger partial charge on any atom is 0.245 e. The number of nitrogens with zero attached hydrogens (tertiary/aromatic N) is 2. The van der Waals surface area contributed by atoms with Gasteiger partial charge in [0.25, 0.3) is 0 Å². The predicted molar refractivity (Wildman–Crippen MR) is 109 cm³/mol. The maximum absolute atomic E-state index is 13.1. The number of carbonyl (C=O) groups is 3. The van der Waals surface area contributed by atoms with E-state index in [0.717, 1.165) is 32.2 Å². The summed E-state index contributed by atoms with van der Waals surface area (Å²) in [5.74, 6) is -0.407. The molecule has 0 aliphatic carbocycles. The highest BCUT2D eigenvalue weighted by Crippen LogP contribution is 2.23. The Morgan fingerprint density at radius 3 is 2.14 bits per heavy atom. The highest BCUT2D eigenvalue weighted by molar-refractivity contribution is 5.93. The zero-order chi connectivity index (χ0) is 21.0. The molecule has 2 aliphatic heterocycles. The van der Waals surface area contributed by atoms with Crippen molar-refractivity contribution < 1.29 is 14.4 Å². The van der Waals surface area contributed by atoms with Crippen LogP contribution in [-0.4, -0.2) is 64.8 Å². The Hall–Kier alpha value is -1.63. The molecular formula is C21H38N4O3. The average Bonchev–Trinajstić information content (AvgIpc) is 3.32. The molecular weight excluding hydrogens is 356 g/mol. The van der Waals surface area contributed by atoms with Gasteiger partial charge in [0.2, 0.25) is 17.7 Å². The number of nitrogens with two attached hydrogens (primary N) is 1. The number of likely N-dealkylation sites (tertiary alicyclic amines) is 2. The molecule has 7 heteroatoms. The summed E-state index contributed by atoms with van der Waals surface area (Å²) in [5.41, 5.74) is 6.03. The monoisotopic (exact) mass is 394 g/mol. The Labute approximate surface area is 169 Å². The summed E-state index contributed by atoms with van der Waals surface area (Å²) in [4.78, 5) is 42.4. The Kier molecular flexibility index (Phi) is 7.87. The average molecular weight is 395 g/mol. The first-order chi connectivity index (χ1) is 13.2. The van der Waals surface area contributed by atoms with E-state index in [1.807, 2.05) is 32.6 Å². The second-order valence-electron chi connectivity index (χ2n) is 8.93. The molecule has 4 atom stereocenters. The molecule has 160 valence electrons. The van der Waals surface area contributed by atoms with E-state index in [0.29, 0.717) is 13.0 Å². The van der Waals surface area contributed by atoms with E-state index in [2.05, 4.69) is 12.2 Å². The van der Waals surface area contributed by atoms with Crippen molar-refractivity contribution in [3.05, 3.63) is 0 Å². The minimum Gasteiger partial charge on any atom is -0.342 e. The van der Waals surface area contributed by atoms with Gasteiger partial charge in [0.05, 0.1) is 6.04 Å². The summed E-state index contributed by atoms with van der Waals surface area (Å²) in [6.45, 7) is 11.1. The summed E-state index contributed by atoms with van der Waals surface area (Å²) in [5, 5.41) is 2.97. The molecule has 0 aromatic rings. The quantitative estimate of drug-likeness (QED) is 0.684. The number of hydrogen-bond acceptors (Lipinski definition) is 4. The van der Waals surface area contributed by atoms with E-state index in [-0.39, 0.29) is 35.6 Å². The molecule has 2 rings (SSSR count). The fraction of sp³-hybridized carbons (Fsp3) is 0.857. The van der Waals surface area contributed by atoms with Crippen molar-refractivity contribution in [1.29, 1.82) is 0 Å². The molecule has 2 aliphatic rings. The van der Waals surface area contributed by atoms with E-state index in [1.54, 1.807) is 4.90 Å². The van der Waals surface area contributed by atoms with E-state index in [9.17, 15) is 14.4 Å². The van der Waals surface area contributed by atoms with Gasteiger partial charge in [-0.1, -0.05) is 34.6 Å². The lowest BCUT2D eigenvalue weighted by atomic mass is 10.0. The lowest BCUT2D eigenvalue weighted by Gasteiger charge is -2.33. The van der Waals surface area contributed by atoms with Crippen molar-refractivity contribution in [3.63, 3.8) is 0 Å². The van der Waals surface area contributed by atoms with Crippen LogP contribution in [-0.2, 0) is 14.4 Å². The molecule has 28 heavy (non-hydrogen) atoms. The molecule has 3 amide bonds. The topological polar surface area (TPSA) is 95.7 Å². The van der Waals surface area contributed by atoms with E-state index in [4.69, 9.17) is 5.73 Å². The van der Waals surface area contributed by atoms with Crippen LogP contribution in [0.2, 0.25) is 0 Å². The van der Waals surface area contributed by atoms with Gasteiger partial charge in [0.15, 0.2) is 0 Å². The second kappa shape index (κ2) is 9.72. The maximum atomic E-state index is 13.1. The normalized spacial score (nSPS) is 24.7. The van der Waals surface area contributed by atoms with Crippen LogP contribution in [0.25, 0.3) is 0 Å². The van der Waals surface area contributed by atoms with Gasteiger partial charge in [-0.25, -0.2) is 0 Å². The van der Waals surface area contributed by atoms with Gasteiger partial charge in [0.1, 0.15) is 12.1 Å². The van der Waals surface area contributed by atoms with Crippen LogP contribution in [0, 0.1) is 11.8 Å². The van der Waals surface area contributed by atoms with Crippen LogP contribution in [0.15, 0.2) is 0 Å². The Bertz CT molecular complexity index is 578. The minimum absolute atomic E-state index is 0.00227. The Morgan fingerprint density at radius 1 is 0.964 bits per heavy atom. The van der Waals surface area contributed by atoms with Crippen LogP contribution in [0.3, 0.4) is 0 Å². The Morgan fingerprint density at radius 2 is 1.57 bits per heavy atom. The standard InChI is InChI=1S/C21H38N4O3/c1-6-15-9-7-11-24(15)21(28)18(14(4)5)23-19(26)16-10-8-12-25(16)20(27)17(22)13(2)3/h13-18H,6-12,22H2,1-5H3,(H,23,26). The van der Waals surface area contributed by atoms with Crippen molar-refractivity contribution in [2.24, 2.45) is 17.6 Å². The molecule has 0 aromatic carbocycles. The first kappa shape index (κ1) is 22.7. The summed E-state index contributed by atoms with van der Waals surface area (Å²) in [7, 11) is 0. The lowest BCUT2D eigenvalue weighted by molar-refractivity contribution is -0.143. The molecule has 7 nitrogen and oxygen atoms in total. The predicted octanol–water partition coefficient (Wildman–Crippen LogP) is 1.50. The zero-order valence-electron chi connectivity index (χ0n) is 18.1. The first-order valence-corrected chi connectivity index (χ1v) is 10.9. The highest BCUT2D eigenvalue weighted by atomic mass is 16.2. The van der Waals surface area contributed by atoms with E-state index >= 15 is 0 Å². The van der Waals surface area contributed by atoms with Gasteiger partial charge >= 0.3 is 0 Å². The zero-order valence-corrected chi connectivity index (χ0v) is 18.1. The van der Waals surface area contributed by atoms with Gasteiger partial charge in [-0.2, -0.15) is 0 Å². The van der Waals surface area contributed by atoms with Crippen molar-refractivity contribution in [2.45, 2.75) is 90.9 Å². The van der Waals surface area contributed by atoms with Gasteiger partial charge in [0, 0.05) is 19.1 Å². The third kappa shape index (κ3) is 4.85. The number of rotatable bonds is 7. The second-order valence-corrected chi connectivity index (χ2v) is 8.93. The van der Waals surface area contributed by atoms with Crippen molar-refractivity contribution in [2.75, 3.05) is 13.1 Å². The first-order valence-electron chi connectivity index (χ1n) is 10.9. The fourth-order valence-corrected chi connectivity index (χ4v) is 4.27. The van der Waals surface area contributed by atoms with E-state index < -0.39 is 18.1 Å². The molecule has 3 N–H and O–H groups in total. The third-order valence-electron chi connectivity index (χ3n) is 6.20. The van der Waals surface area contributed by atoms with Gasteiger partial charge in [-0.05, 0) is 43.9 Å². The summed E-state index contributed by atoms with van der Waals surface area (Å²) < 4.78 is 0. The van der Waals surface area contributed by atoms with Crippen LogP contribution in [0.1, 0.15) is 66.7 Å². The van der Waals surface area contributed by atoms with E-state index in [1.165, 1.54) is 0 Å². The molecule has 0 saturated carbocycles. The fourth-order valence-electron chi connectivity index (χ4n) is 4.27. The van der Waals surface area contributed by atoms with Gasteiger partial charge in [-0.15, -0.1) is 0 Å². The van der Waals surface area contributed by atoms with Gasteiger partial charge in [-0.3, -0.25) is 14.4 Å². The molecule has 2 fully saturated rings. The van der Waals surface area contributed by atoms with Crippen molar-refractivity contribution in [1.82, 2.24) is 15.1 Å². The number of hydrogen-bond donors (Lipinski definition) is 2. The molecule has 0 spiro atoms. The molecule has 4 unspecified atom stereocenters. The van der Waals surface area contributed by atoms with Crippen LogP contribution < -0.4 is 11.1 Å². The smallest absolute Gasteiger partial charge is 0.245 e. The van der Waals surface area contributed by atoms with Gasteiger partial charge < -0.3 is 20.9 Å². The minimum atomic E-state index is -0.606. The third-order valence-corrected chi connectivity index (χ3v) is 6.20. The van der Waals surface area contributed by atoms with Crippen LogP contribution >= 0.6 is 0 Å². The Balaban J connectivity index is 2.09. The number of nitrogens with one attached hydrogen (secondary N) is 1. The van der Waals surface area contributed by atoms with Crippen LogP contribution in [0.4, 0.5) is 0 Å². The summed E-state index contributed by atoms with van der Waals surface area (Å²) in [6, 6.07) is -1.44. The molecule has 0 radical (unpaired) electrons. The largest absolute Gasteiger partial charge is 0.342 e. The summed E-state index contributed by atoms with van der Waals surface area (Å²) >= 11 is 0. The SMILES string of the molecule is CCC1CCCN1C(=O)C(NC(=O)C1CCCN1C(=O)C(N)C(C)C)C(C)C. The lowest BCUT2D eigenvalue weighted by Crippen LogP contribution is -2.57. The molecule has 0 bridgehead atoms. The number of carbonyl (C=O) groups excluding carboxylic acids is 3. The van der Waals surface area contributed by atoms with Crippen molar-refractivity contribution >= 4 is 17.7 Å². The number of amides is 3. The van der Waals surface area contributed by atoms with Crippen molar-refractivity contribution in [3.8, 4) is 0 Å². The molecule has 0 aromatic heterocycles. The molecule has 2 heterocycles. The molecule has 2 saturated heterocycles. The van der Waals surface area contributed by atoms with Crippen LogP contribution in [0.5, 0.6) is 0 Å².